The van der Waals surface area contributed by atoms with E-state index in [9.17, 15) is 4.79 Å². The highest BCUT2D eigenvalue weighted by Crippen LogP contribution is 2.37. The monoisotopic (exact) mass is 348 g/mol. The molecule has 1 fully saturated rings. The molecule has 3 rings (SSSR count). The van der Waals surface area contributed by atoms with Gasteiger partial charge in [-0.15, -0.1) is 16.9 Å². The molecule has 1 aromatic carbocycles. The molecule has 1 amide bonds. The summed E-state index contributed by atoms with van der Waals surface area (Å²) in [5, 5.41) is 8.36. The lowest BCUT2D eigenvalue weighted by molar-refractivity contribution is -0.128. The summed E-state index contributed by atoms with van der Waals surface area (Å²) in [5.41, 5.74) is 1.88. The summed E-state index contributed by atoms with van der Waals surface area (Å²) in [6.07, 6.45) is 1.90. The van der Waals surface area contributed by atoms with Gasteiger partial charge in [0.05, 0.1) is 32.2 Å². The molecule has 1 saturated heterocycles. The first-order valence-electron chi connectivity index (χ1n) is 7.64. The summed E-state index contributed by atoms with van der Waals surface area (Å²) in [4.78, 5) is 13.8. The predicted octanol–water partition coefficient (Wildman–Crippen LogP) is 1.56. The van der Waals surface area contributed by atoms with E-state index in [1.54, 1.807) is 35.6 Å². The van der Waals surface area contributed by atoms with Crippen molar-refractivity contribution in [2.24, 2.45) is 0 Å². The highest BCUT2D eigenvalue weighted by Gasteiger charge is 2.34. The zero-order chi connectivity index (χ0) is 16.9. The fraction of sp³-hybridized carbons (Fsp3) is 0.438. The molecule has 0 bridgehead atoms. The standard InChI is InChI=1S/C16H20N4O3S/c1-22-7-6-20-15(21)11-24-16(20)14-10-19(18-17-14)9-12-4-3-5-13(8-12)23-2/h3-5,8,10,16H,6-7,9,11H2,1-2H3. The van der Waals surface area contributed by atoms with Crippen molar-refractivity contribution in [3.8, 4) is 5.75 Å². The Bertz CT molecular complexity index is 706. The molecule has 0 aliphatic carbocycles. The summed E-state index contributed by atoms with van der Waals surface area (Å²) in [6.45, 7) is 1.68. The van der Waals surface area contributed by atoms with Crippen LogP contribution in [0.1, 0.15) is 16.6 Å². The number of benzene rings is 1. The highest BCUT2D eigenvalue weighted by molar-refractivity contribution is 8.00. The number of amides is 1. The molecule has 7 nitrogen and oxygen atoms in total. The van der Waals surface area contributed by atoms with Gasteiger partial charge in [-0.05, 0) is 17.7 Å². The van der Waals surface area contributed by atoms with Gasteiger partial charge in [0.15, 0.2) is 0 Å². The molecule has 0 radical (unpaired) electrons. The first kappa shape index (κ1) is 16.8. The minimum Gasteiger partial charge on any atom is -0.497 e. The van der Waals surface area contributed by atoms with Crippen molar-refractivity contribution in [2.45, 2.75) is 11.9 Å². The Labute approximate surface area is 144 Å². The van der Waals surface area contributed by atoms with Crippen molar-refractivity contribution in [3.05, 3.63) is 41.7 Å². The Hall–Kier alpha value is -2.06. The first-order chi connectivity index (χ1) is 11.7. The number of carbonyl (C=O) groups is 1. The molecule has 0 saturated carbocycles. The van der Waals surface area contributed by atoms with E-state index in [0.29, 0.717) is 25.4 Å². The lowest BCUT2D eigenvalue weighted by Crippen LogP contribution is -2.31. The molecule has 1 aliphatic rings. The zero-order valence-electron chi connectivity index (χ0n) is 13.7. The van der Waals surface area contributed by atoms with Crippen molar-refractivity contribution < 1.29 is 14.3 Å². The van der Waals surface area contributed by atoms with Crippen LogP contribution < -0.4 is 4.74 Å². The third-order valence-electron chi connectivity index (χ3n) is 3.79. The van der Waals surface area contributed by atoms with Crippen LogP contribution in [0.5, 0.6) is 5.75 Å². The largest absolute Gasteiger partial charge is 0.497 e. The number of rotatable bonds is 7. The maximum atomic E-state index is 12.0. The van der Waals surface area contributed by atoms with Crippen LogP contribution in [0.2, 0.25) is 0 Å². The highest BCUT2D eigenvalue weighted by atomic mass is 32.2. The SMILES string of the molecule is COCCN1C(=O)CSC1c1cn(Cc2cccc(OC)c2)nn1. The van der Waals surface area contributed by atoms with Gasteiger partial charge < -0.3 is 14.4 Å². The lowest BCUT2D eigenvalue weighted by atomic mass is 10.2. The molecule has 128 valence electrons. The van der Waals surface area contributed by atoms with Crippen LogP contribution in [0.15, 0.2) is 30.5 Å². The molecular formula is C16H20N4O3S. The number of thioether (sulfide) groups is 1. The second kappa shape index (κ2) is 7.67. The zero-order valence-corrected chi connectivity index (χ0v) is 14.5. The second-order valence-corrected chi connectivity index (χ2v) is 6.50. The molecule has 0 N–H and O–H groups in total. The third-order valence-corrected chi connectivity index (χ3v) is 5.02. The smallest absolute Gasteiger partial charge is 0.233 e. The van der Waals surface area contributed by atoms with E-state index in [1.807, 2.05) is 30.5 Å². The number of methoxy groups -OCH3 is 2. The molecule has 1 aromatic heterocycles. The van der Waals surface area contributed by atoms with Crippen molar-refractivity contribution >= 4 is 17.7 Å². The molecule has 2 heterocycles. The van der Waals surface area contributed by atoms with Gasteiger partial charge in [0.1, 0.15) is 16.8 Å². The van der Waals surface area contributed by atoms with E-state index >= 15 is 0 Å². The Balaban J connectivity index is 1.71. The van der Waals surface area contributed by atoms with E-state index in [2.05, 4.69) is 10.3 Å². The van der Waals surface area contributed by atoms with Gasteiger partial charge in [-0.3, -0.25) is 4.79 Å². The normalized spacial score (nSPS) is 17.5. The van der Waals surface area contributed by atoms with Crippen molar-refractivity contribution in [3.63, 3.8) is 0 Å². The van der Waals surface area contributed by atoms with Crippen LogP contribution in [0.3, 0.4) is 0 Å². The van der Waals surface area contributed by atoms with E-state index in [-0.39, 0.29) is 11.3 Å². The van der Waals surface area contributed by atoms with Gasteiger partial charge in [-0.2, -0.15) is 0 Å². The van der Waals surface area contributed by atoms with Gasteiger partial charge in [-0.25, -0.2) is 4.68 Å². The van der Waals surface area contributed by atoms with Gasteiger partial charge >= 0.3 is 0 Å². The number of aromatic nitrogens is 3. The molecule has 1 unspecified atom stereocenters. The van der Waals surface area contributed by atoms with Crippen LogP contribution in [0, 0.1) is 0 Å². The van der Waals surface area contributed by atoms with Crippen LogP contribution in [0.25, 0.3) is 0 Å². The Morgan fingerprint density at radius 1 is 1.38 bits per heavy atom. The van der Waals surface area contributed by atoms with Crippen LogP contribution >= 0.6 is 11.8 Å². The van der Waals surface area contributed by atoms with Gasteiger partial charge in [-0.1, -0.05) is 17.3 Å². The quantitative estimate of drug-likeness (QED) is 0.756. The van der Waals surface area contributed by atoms with E-state index in [1.165, 1.54) is 0 Å². The molecular weight excluding hydrogens is 328 g/mol. The molecule has 1 atom stereocenters. The van der Waals surface area contributed by atoms with Crippen molar-refractivity contribution in [1.82, 2.24) is 19.9 Å². The van der Waals surface area contributed by atoms with E-state index < -0.39 is 0 Å². The number of carbonyl (C=O) groups excluding carboxylic acids is 1. The number of hydrogen-bond acceptors (Lipinski definition) is 6. The summed E-state index contributed by atoms with van der Waals surface area (Å²) in [7, 11) is 3.28. The number of hydrogen-bond donors (Lipinski definition) is 0. The minimum absolute atomic E-state index is 0.0910. The summed E-state index contributed by atoms with van der Waals surface area (Å²) in [5.74, 6) is 1.40. The van der Waals surface area contributed by atoms with E-state index in [0.717, 1.165) is 17.0 Å². The van der Waals surface area contributed by atoms with Crippen LogP contribution in [-0.4, -0.2) is 58.9 Å². The van der Waals surface area contributed by atoms with Crippen LogP contribution in [-0.2, 0) is 16.1 Å². The second-order valence-electron chi connectivity index (χ2n) is 5.44. The molecule has 1 aliphatic heterocycles. The summed E-state index contributed by atoms with van der Waals surface area (Å²) >= 11 is 1.57. The maximum Gasteiger partial charge on any atom is 0.233 e. The fourth-order valence-electron chi connectivity index (χ4n) is 2.59. The first-order valence-corrected chi connectivity index (χ1v) is 8.69. The molecule has 8 heteroatoms. The third kappa shape index (κ3) is 3.70. The molecule has 0 spiro atoms. The number of nitrogens with zero attached hydrogens (tertiary/aromatic N) is 4. The lowest BCUT2D eigenvalue weighted by Gasteiger charge is -2.21. The topological polar surface area (TPSA) is 69.5 Å². The summed E-state index contributed by atoms with van der Waals surface area (Å²) < 4.78 is 12.1. The number of ether oxygens (including phenoxy) is 2. The van der Waals surface area contributed by atoms with Gasteiger partial charge in [0.25, 0.3) is 0 Å². The minimum atomic E-state index is -0.0910. The maximum absolute atomic E-state index is 12.0. The molecule has 2 aromatic rings. The van der Waals surface area contributed by atoms with Crippen LogP contribution in [0.4, 0.5) is 0 Å². The Morgan fingerprint density at radius 2 is 2.25 bits per heavy atom. The Kier molecular flexibility index (Phi) is 5.37. The van der Waals surface area contributed by atoms with E-state index in [4.69, 9.17) is 9.47 Å². The average Bonchev–Trinajstić information content (AvgIpc) is 3.19. The predicted molar refractivity (Wildman–Crippen MR) is 90.9 cm³/mol. The molecule has 24 heavy (non-hydrogen) atoms. The van der Waals surface area contributed by atoms with Gasteiger partial charge in [0, 0.05) is 13.7 Å². The Morgan fingerprint density at radius 3 is 3.04 bits per heavy atom. The van der Waals surface area contributed by atoms with Crippen molar-refractivity contribution in [2.75, 3.05) is 33.1 Å². The average molecular weight is 348 g/mol. The van der Waals surface area contributed by atoms with Crippen molar-refractivity contribution in [1.29, 1.82) is 0 Å². The summed E-state index contributed by atoms with van der Waals surface area (Å²) in [6, 6.07) is 7.84. The van der Waals surface area contributed by atoms with Gasteiger partial charge in [0.2, 0.25) is 5.91 Å². The fourth-order valence-corrected chi connectivity index (χ4v) is 3.74.